The zero-order chi connectivity index (χ0) is 18.9. The lowest BCUT2D eigenvalue weighted by Gasteiger charge is -2.25. The van der Waals surface area contributed by atoms with Gasteiger partial charge in [0.1, 0.15) is 0 Å². The third-order valence-corrected chi connectivity index (χ3v) is 6.57. The van der Waals surface area contributed by atoms with Crippen LogP contribution in [0.25, 0.3) is 0 Å². The molecule has 0 fully saturated rings. The van der Waals surface area contributed by atoms with Crippen LogP contribution in [-0.4, -0.2) is 77.6 Å². The van der Waals surface area contributed by atoms with E-state index < -0.39 is 9.76 Å². The normalized spacial score (nSPS) is 13.8. The van der Waals surface area contributed by atoms with Crippen LogP contribution in [0.3, 0.4) is 0 Å². The van der Waals surface area contributed by atoms with Gasteiger partial charge in [-0.2, -0.15) is 0 Å². The van der Waals surface area contributed by atoms with Gasteiger partial charge in [-0.05, 0) is 85.2 Å². The zero-order valence-electron chi connectivity index (χ0n) is 18.1. The maximum Gasteiger partial charge on any atom is 0.175 e. The Morgan fingerprint density at radius 2 is 1.60 bits per heavy atom. The molecule has 0 aromatic rings. The number of hydrogen-bond donors (Lipinski definition) is 1. The van der Waals surface area contributed by atoms with Crippen molar-refractivity contribution < 1.29 is 4.43 Å². The van der Waals surface area contributed by atoms with E-state index in [0.717, 1.165) is 19.4 Å². The second-order valence-corrected chi connectivity index (χ2v) is 8.61. The van der Waals surface area contributed by atoms with Gasteiger partial charge in [-0.3, -0.25) is 0 Å². The third-order valence-electron chi connectivity index (χ3n) is 5.05. The Labute approximate surface area is 161 Å². The Hall–Kier alpha value is 0.0569. The van der Waals surface area contributed by atoms with E-state index in [0.29, 0.717) is 12.1 Å². The number of rotatable bonds is 18. The van der Waals surface area contributed by atoms with Gasteiger partial charge >= 0.3 is 0 Å². The van der Waals surface area contributed by atoms with Crippen LogP contribution in [0.15, 0.2) is 0 Å². The van der Waals surface area contributed by atoms with Crippen molar-refractivity contribution in [3.05, 3.63) is 0 Å². The summed E-state index contributed by atoms with van der Waals surface area (Å²) in [5, 5.41) is 3.62. The van der Waals surface area contributed by atoms with Gasteiger partial charge in [-0.15, -0.1) is 0 Å². The van der Waals surface area contributed by atoms with Gasteiger partial charge in [0.05, 0.1) is 0 Å². The van der Waals surface area contributed by atoms with Crippen molar-refractivity contribution in [1.29, 1.82) is 0 Å². The van der Waals surface area contributed by atoms with E-state index >= 15 is 0 Å². The summed E-state index contributed by atoms with van der Waals surface area (Å²) >= 11 is 0. The first-order valence-electron chi connectivity index (χ1n) is 10.8. The SMILES string of the molecule is CCCN(C)CCCN(CCCNC(C)CC)C[SiH2]OC(CC)CC. The standard InChI is InChI=1S/C20H47N3OSi/c1-7-14-22(6)15-12-17-23(16-11-13-21-19(5)8-2)18-25-24-20(9-3)10-4/h19-21H,7-18,25H2,1-6H3. The van der Waals surface area contributed by atoms with Gasteiger partial charge in [0.25, 0.3) is 0 Å². The molecular weight excluding hydrogens is 326 g/mol. The highest BCUT2D eigenvalue weighted by molar-refractivity contribution is 6.27. The molecule has 0 spiro atoms. The minimum Gasteiger partial charge on any atom is -0.420 e. The van der Waals surface area contributed by atoms with Gasteiger partial charge in [0.15, 0.2) is 9.76 Å². The van der Waals surface area contributed by atoms with Crippen molar-refractivity contribution in [2.75, 3.05) is 45.9 Å². The molecule has 5 heteroatoms. The first-order chi connectivity index (χ1) is 12.1. The highest BCUT2D eigenvalue weighted by atomic mass is 28.2. The van der Waals surface area contributed by atoms with E-state index in [4.69, 9.17) is 4.43 Å². The fraction of sp³-hybridized carbons (Fsp3) is 1.00. The minimum absolute atomic E-state index is 0.425. The fourth-order valence-electron chi connectivity index (χ4n) is 3.06. The summed E-state index contributed by atoms with van der Waals surface area (Å²) in [6, 6.07) is 0.642. The average Bonchev–Trinajstić information content (AvgIpc) is 2.61. The van der Waals surface area contributed by atoms with Crippen LogP contribution in [0.4, 0.5) is 0 Å². The van der Waals surface area contributed by atoms with Crippen molar-refractivity contribution in [3.63, 3.8) is 0 Å². The van der Waals surface area contributed by atoms with Crippen LogP contribution in [-0.2, 0) is 4.43 Å². The van der Waals surface area contributed by atoms with Crippen LogP contribution in [0.1, 0.15) is 73.1 Å². The first kappa shape index (κ1) is 25.1. The van der Waals surface area contributed by atoms with Gasteiger partial charge in [-0.1, -0.05) is 27.7 Å². The molecule has 0 rings (SSSR count). The van der Waals surface area contributed by atoms with E-state index in [1.807, 2.05) is 0 Å². The van der Waals surface area contributed by atoms with Gasteiger partial charge in [0, 0.05) is 18.3 Å². The molecule has 0 bridgehead atoms. The Balaban J connectivity index is 4.11. The molecule has 0 aliphatic rings. The lowest BCUT2D eigenvalue weighted by atomic mass is 10.2. The Kier molecular flexibility index (Phi) is 17.5. The lowest BCUT2D eigenvalue weighted by molar-refractivity contribution is 0.189. The summed E-state index contributed by atoms with van der Waals surface area (Å²) in [5.74, 6) is 0. The van der Waals surface area contributed by atoms with E-state index in [-0.39, 0.29) is 0 Å². The van der Waals surface area contributed by atoms with Crippen LogP contribution < -0.4 is 5.32 Å². The number of nitrogens with zero attached hydrogens (tertiary/aromatic N) is 2. The molecule has 1 N–H and O–H groups in total. The summed E-state index contributed by atoms with van der Waals surface area (Å²) < 4.78 is 6.17. The molecule has 0 saturated carbocycles. The van der Waals surface area contributed by atoms with E-state index in [1.165, 1.54) is 58.0 Å². The molecule has 4 nitrogen and oxygen atoms in total. The molecule has 1 unspecified atom stereocenters. The summed E-state index contributed by atoms with van der Waals surface area (Å²) in [6.45, 7) is 17.3. The van der Waals surface area contributed by atoms with Crippen LogP contribution in [0.2, 0.25) is 0 Å². The summed E-state index contributed by atoms with van der Waals surface area (Å²) in [6.07, 6.45) is 8.99. The first-order valence-corrected chi connectivity index (χ1v) is 12.4. The van der Waals surface area contributed by atoms with E-state index in [9.17, 15) is 0 Å². The molecule has 152 valence electrons. The molecule has 0 aliphatic carbocycles. The molecule has 0 heterocycles. The summed E-state index contributed by atoms with van der Waals surface area (Å²) in [7, 11) is 1.82. The number of nitrogens with one attached hydrogen (secondary N) is 1. The van der Waals surface area contributed by atoms with E-state index in [1.54, 1.807) is 0 Å². The van der Waals surface area contributed by atoms with Crippen molar-refractivity contribution in [2.24, 2.45) is 0 Å². The highest BCUT2D eigenvalue weighted by Gasteiger charge is 2.09. The molecule has 0 saturated heterocycles. The Morgan fingerprint density at radius 3 is 2.20 bits per heavy atom. The maximum absolute atomic E-state index is 6.17. The fourth-order valence-corrected chi connectivity index (χ4v) is 4.68. The summed E-state index contributed by atoms with van der Waals surface area (Å²) in [4.78, 5) is 5.12. The van der Waals surface area contributed by atoms with Gasteiger partial charge in [-0.25, -0.2) is 0 Å². The Bertz CT molecular complexity index is 278. The Morgan fingerprint density at radius 1 is 0.920 bits per heavy atom. The van der Waals surface area contributed by atoms with Crippen molar-refractivity contribution >= 4 is 9.76 Å². The topological polar surface area (TPSA) is 27.7 Å². The summed E-state index contributed by atoms with van der Waals surface area (Å²) in [5.41, 5.74) is 0. The second kappa shape index (κ2) is 17.5. The molecule has 0 radical (unpaired) electrons. The van der Waals surface area contributed by atoms with Crippen LogP contribution in [0, 0.1) is 0 Å². The lowest BCUT2D eigenvalue weighted by Crippen LogP contribution is -2.36. The van der Waals surface area contributed by atoms with Crippen LogP contribution in [0.5, 0.6) is 0 Å². The van der Waals surface area contributed by atoms with Crippen LogP contribution >= 0.6 is 0 Å². The smallest absolute Gasteiger partial charge is 0.175 e. The second-order valence-electron chi connectivity index (χ2n) is 7.42. The molecule has 25 heavy (non-hydrogen) atoms. The third kappa shape index (κ3) is 14.9. The molecular formula is C20H47N3OSi. The van der Waals surface area contributed by atoms with E-state index in [2.05, 4.69) is 56.8 Å². The molecule has 0 amide bonds. The largest absolute Gasteiger partial charge is 0.420 e. The number of hydrogen-bond acceptors (Lipinski definition) is 4. The molecule has 0 aromatic heterocycles. The monoisotopic (exact) mass is 373 g/mol. The molecule has 0 aromatic carbocycles. The van der Waals surface area contributed by atoms with Crippen molar-refractivity contribution in [1.82, 2.24) is 15.1 Å². The average molecular weight is 374 g/mol. The van der Waals surface area contributed by atoms with Gasteiger partial charge < -0.3 is 19.5 Å². The predicted molar refractivity (Wildman–Crippen MR) is 115 cm³/mol. The minimum atomic E-state index is -0.425. The van der Waals surface area contributed by atoms with Gasteiger partial charge in [0.2, 0.25) is 0 Å². The molecule has 0 aliphatic heterocycles. The molecule has 1 atom stereocenters. The maximum atomic E-state index is 6.17. The highest BCUT2D eigenvalue weighted by Crippen LogP contribution is 2.03. The predicted octanol–water partition coefficient (Wildman–Crippen LogP) is 3.05. The van der Waals surface area contributed by atoms with Crippen molar-refractivity contribution in [3.8, 4) is 0 Å². The van der Waals surface area contributed by atoms with Crippen molar-refractivity contribution in [2.45, 2.75) is 85.3 Å². The zero-order valence-corrected chi connectivity index (χ0v) is 19.6. The quantitative estimate of drug-likeness (QED) is 0.295.